The van der Waals surface area contributed by atoms with E-state index in [1.54, 1.807) is 22.9 Å². The van der Waals surface area contributed by atoms with Gasteiger partial charge < -0.3 is 19.4 Å². The van der Waals surface area contributed by atoms with Crippen molar-refractivity contribution in [3.63, 3.8) is 0 Å². The smallest absolute Gasteiger partial charge is 0.269 e. The van der Waals surface area contributed by atoms with Crippen LogP contribution in [0.15, 0.2) is 30.5 Å². The van der Waals surface area contributed by atoms with E-state index < -0.39 is 0 Å². The van der Waals surface area contributed by atoms with Crippen molar-refractivity contribution >= 4 is 5.91 Å². The van der Waals surface area contributed by atoms with Gasteiger partial charge in [0.05, 0.1) is 5.56 Å². The van der Waals surface area contributed by atoms with Crippen molar-refractivity contribution in [3.8, 4) is 23.3 Å². The molecule has 0 spiro atoms. The first-order chi connectivity index (χ1) is 12.2. The Balaban J connectivity index is 1.80. The van der Waals surface area contributed by atoms with E-state index in [9.17, 15) is 10.1 Å². The van der Waals surface area contributed by atoms with Crippen LogP contribution in [0.3, 0.4) is 0 Å². The number of nitrogens with one attached hydrogen (secondary N) is 1. The Labute approximate surface area is 147 Å². The highest BCUT2D eigenvalue weighted by Crippen LogP contribution is 2.34. The van der Waals surface area contributed by atoms with Gasteiger partial charge in [-0.2, -0.15) is 5.26 Å². The molecule has 1 N–H and O–H groups in total. The zero-order valence-electron chi connectivity index (χ0n) is 14.2. The number of unbranched alkanes of at least 4 members (excludes halogenated alkanes) is 3. The van der Waals surface area contributed by atoms with Crippen LogP contribution in [0.2, 0.25) is 0 Å². The predicted octanol–water partition coefficient (Wildman–Crippen LogP) is 3.39. The van der Waals surface area contributed by atoms with E-state index >= 15 is 0 Å². The average Bonchev–Trinajstić information content (AvgIpc) is 3.26. The standard InChI is InChI=1S/C19H21N3O3/c1-2-3-4-5-9-21-19(23)18-14(12-20)8-10-22(18)15-6-7-16-17(11-15)25-13-24-16/h6-8,10-11H,2-5,9,13H2,1H3,(H,21,23). The molecular formula is C19H21N3O3. The maximum Gasteiger partial charge on any atom is 0.269 e. The van der Waals surface area contributed by atoms with E-state index in [0.717, 1.165) is 31.4 Å². The largest absolute Gasteiger partial charge is 0.454 e. The molecular weight excluding hydrogens is 318 g/mol. The van der Waals surface area contributed by atoms with Gasteiger partial charge in [0.15, 0.2) is 11.5 Å². The van der Waals surface area contributed by atoms with Gasteiger partial charge >= 0.3 is 0 Å². The Kier molecular flexibility index (Phi) is 5.24. The van der Waals surface area contributed by atoms with Crippen LogP contribution in [-0.4, -0.2) is 23.8 Å². The van der Waals surface area contributed by atoms with Crippen molar-refractivity contribution in [2.24, 2.45) is 0 Å². The van der Waals surface area contributed by atoms with Crippen LogP contribution in [0.25, 0.3) is 5.69 Å². The summed E-state index contributed by atoms with van der Waals surface area (Å²) in [6, 6.07) is 9.19. The summed E-state index contributed by atoms with van der Waals surface area (Å²) >= 11 is 0. The van der Waals surface area contributed by atoms with Crippen molar-refractivity contribution in [2.45, 2.75) is 32.6 Å². The van der Waals surface area contributed by atoms with Gasteiger partial charge in [-0.3, -0.25) is 4.79 Å². The zero-order chi connectivity index (χ0) is 17.6. The van der Waals surface area contributed by atoms with Crippen LogP contribution in [0.4, 0.5) is 0 Å². The fourth-order valence-electron chi connectivity index (χ4n) is 2.84. The molecule has 1 aliphatic rings. The molecule has 2 aromatic rings. The number of fused-ring (bicyclic) bond motifs is 1. The molecule has 1 aromatic heterocycles. The molecule has 0 saturated carbocycles. The molecule has 2 heterocycles. The number of nitriles is 1. The number of amides is 1. The highest BCUT2D eigenvalue weighted by Gasteiger charge is 2.20. The van der Waals surface area contributed by atoms with Gasteiger partial charge in [-0.15, -0.1) is 0 Å². The topological polar surface area (TPSA) is 76.3 Å². The van der Waals surface area contributed by atoms with Gasteiger partial charge in [0.1, 0.15) is 11.8 Å². The van der Waals surface area contributed by atoms with Gasteiger partial charge in [0.25, 0.3) is 5.91 Å². The molecule has 6 heteroatoms. The molecule has 0 unspecified atom stereocenters. The first kappa shape index (κ1) is 16.9. The molecule has 1 aromatic carbocycles. The second-order valence-electron chi connectivity index (χ2n) is 5.91. The van der Waals surface area contributed by atoms with E-state index in [-0.39, 0.29) is 12.7 Å². The molecule has 130 valence electrons. The lowest BCUT2D eigenvalue weighted by molar-refractivity contribution is 0.0946. The molecule has 0 saturated heterocycles. The molecule has 25 heavy (non-hydrogen) atoms. The molecule has 0 aliphatic carbocycles. The molecule has 1 amide bonds. The van der Waals surface area contributed by atoms with Crippen molar-refractivity contribution < 1.29 is 14.3 Å². The second kappa shape index (κ2) is 7.75. The first-order valence-electron chi connectivity index (χ1n) is 8.54. The van der Waals surface area contributed by atoms with Crippen LogP contribution in [-0.2, 0) is 0 Å². The number of rotatable bonds is 7. The molecule has 0 atom stereocenters. The van der Waals surface area contributed by atoms with E-state index in [0.29, 0.717) is 29.3 Å². The lowest BCUT2D eigenvalue weighted by atomic mass is 10.2. The normalized spacial score (nSPS) is 12.0. The molecule has 0 bridgehead atoms. The Morgan fingerprint density at radius 1 is 1.24 bits per heavy atom. The maximum absolute atomic E-state index is 12.6. The number of carbonyl (C=O) groups excluding carboxylic acids is 1. The molecule has 6 nitrogen and oxygen atoms in total. The molecule has 0 radical (unpaired) electrons. The van der Waals surface area contributed by atoms with E-state index in [4.69, 9.17) is 9.47 Å². The van der Waals surface area contributed by atoms with Gasteiger partial charge in [-0.05, 0) is 24.6 Å². The number of hydrogen-bond acceptors (Lipinski definition) is 4. The molecule has 0 fully saturated rings. The summed E-state index contributed by atoms with van der Waals surface area (Å²) in [5, 5.41) is 12.3. The number of hydrogen-bond donors (Lipinski definition) is 1. The SMILES string of the molecule is CCCCCCNC(=O)c1c(C#N)ccn1-c1ccc2c(c1)OCO2. The Morgan fingerprint density at radius 2 is 2.08 bits per heavy atom. The molecule has 3 rings (SSSR count). The van der Waals surface area contributed by atoms with Crippen LogP contribution in [0.1, 0.15) is 48.7 Å². The number of benzene rings is 1. The van der Waals surface area contributed by atoms with Crippen LogP contribution >= 0.6 is 0 Å². The minimum atomic E-state index is -0.240. The summed E-state index contributed by atoms with van der Waals surface area (Å²) in [5.74, 6) is 1.07. The van der Waals surface area contributed by atoms with E-state index in [1.807, 2.05) is 12.1 Å². The average molecular weight is 339 g/mol. The fraction of sp³-hybridized carbons (Fsp3) is 0.368. The Bertz CT molecular complexity index is 805. The summed E-state index contributed by atoms with van der Waals surface area (Å²) in [6.07, 6.45) is 6.06. The fourth-order valence-corrected chi connectivity index (χ4v) is 2.84. The monoisotopic (exact) mass is 339 g/mol. The lowest BCUT2D eigenvalue weighted by Gasteiger charge is -2.11. The maximum atomic E-state index is 12.6. The van der Waals surface area contributed by atoms with Crippen molar-refractivity contribution in [3.05, 3.63) is 41.7 Å². The van der Waals surface area contributed by atoms with Crippen molar-refractivity contribution in [1.29, 1.82) is 5.26 Å². The summed E-state index contributed by atoms with van der Waals surface area (Å²) in [4.78, 5) is 12.6. The summed E-state index contributed by atoms with van der Waals surface area (Å²) in [5.41, 5.74) is 1.45. The third-order valence-corrected chi connectivity index (χ3v) is 4.17. The number of ether oxygens (including phenoxy) is 2. The zero-order valence-corrected chi connectivity index (χ0v) is 14.2. The summed E-state index contributed by atoms with van der Waals surface area (Å²) in [7, 11) is 0. The quantitative estimate of drug-likeness (QED) is 0.785. The third kappa shape index (κ3) is 3.61. The minimum absolute atomic E-state index is 0.193. The molecule has 1 aliphatic heterocycles. The van der Waals surface area contributed by atoms with Crippen LogP contribution < -0.4 is 14.8 Å². The van der Waals surface area contributed by atoms with Gasteiger partial charge in [0.2, 0.25) is 6.79 Å². The van der Waals surface area contributed by atoms with Gasteiger partial charge in [-0.1, -0.05) is 26.2 Å². The lowest BCUT2D eigenvalue weighted by Crippen LogP contribution is -2.27. The van der Waals surface area contributed by atoms with E-state index in [2.05, 4.69) is 18.3 Å². The third-order valence-electron chi connectivity index (χ3n) is 4.17. The first-order valence-corrected chi connectivity index (χ1v) is 8.54. The summed E-state index contributed by atoms with van der Waals surface area (Å²) in [6.45, 7) is 2.95. The number of aromatic nitrogens is 1. The highest BCUT2D eigenvalue weighted by atomic mass is 16.7. The van der Waals surface area contributed by atoms with Crippen LogP contribution in [0.5, 0.6) is 11.5 Å². The van der Waals surface area contributed by atoms with Gasteiger partial charge in [0, 0.05) is 24.5 Å². The second-order valence-corrected chi connectivity index (χ2v) is 5.91. The minimum Gasteiger partial charge on any atom is -0.454 e. The van der Waals surface area contributed by atoms with Crippen molar-refractivity contribution in [1.82, 2.24) is 9.88 Å². The number of carbonyl (C=O) groups is 1. The number of nitrogens with zero attached hydrogens (tertiary/aromatic N) is 2. The highest BCUT2D eigenvalue weighted by molar-refractivity contribution is 5.95. The van der Waals surface area contributed by atoms with Gasteiger partial charge in [-0.25, -0.2) is 0 Å². The predicted molar refractivity (Wildman–Crippen MR) is 93.1 cm³/mol. The Hall–Kier alpha value is -2.94. The Morgan fingerprint density at radius 3 is 2.88 bits per heavy atom. The van der Waals surface area contributed by atoms with Crippen LogP contribution in [0, 0.1) is 11.3 Å². The van der Waals surface area contributed by atoms with Crippen molar-refractivity contribution in [2.75, 3.05) is 13.3 Å². The summed E-state index contributed by atoms with van der Waals surface area (Å²) < 4.78 is 12.4. The van der Waals surface area contributed by atoms with E-state index in [1.165, 1.54) is 0 Å².